The predicted molar refractivity (Wildman–Crippen MR) is 137 cm³/mol. The van der Waals surface area contributed by atoms with Gasteiger partial charge in [-0.05, 0) is 79.8 Å². The van der Waals surface area contributed by atoms with Crippen molar-refractivity contribution in [2.75, 3.05) is 22.7 Å². The number of anilines is 2. The average molecular weight is 498 g/mol. The second-order valence-corrected chi connectivity index (χ2v) is 10.8. The summed E-state index contributed by atoms with van der Waals surface area (Å²) in [5.41, 5.74) is 5.25. The van der Waals surface area contributed by atoms with Gasteiger partial charge in [-0.2, -0.15) is 0 Å². The van der Waals surface area contributed by atoms with Crippen molar-refractivity contribution in [2.45, 2.75) is 38.6 Å². The van der Waals surface area contributed by atoms with E-state index < -0.39 is 10.0 Å². The van der Waals surface area contributed by atoms with Crippen molar-refractivity contribution >= 4 is 39.0 Å². The van der Waals surface area contributed by atoms with Crippen LogP contribution in [0.25, 0.3) is 0 Å². The third-order valence-corrected chi connectivity index (χ3v) is 7.65. The minimum absolute atomic E-state index is 0.0637. The van der Waals surface area contributed by atoms with Crippen LogP contribution in [0.5, 0.6) is 0 Å². The molecule has 1 heterocycles. The van der Waals surface area contributed by atoms with E-state index in [2.05, 4.69) is 30.7 Å². The number of nitrogens with zero attached hydrogens (tertiary/aromatic N) is 2. The zero-order valence-corrected chi connectivity index (χ0v) is 21.1. The Labute approximate surface area is 206 Å². The molecule has 4 rings (SSSR count). The first-order chi connectivity index (χ1) is 16.1. The van der Waals surface area contributed by atoms with Crippen molar-refractivity contribution in [3.63, 3.8) is 0 Å². The molecule has 6 nitrogen and oxygen atoms in total. The molecule has 1 aliphatic rings. The molecule has 2 amide bonds. The number of carbonyl (C=O) groups is 1. The molecule has 0 spiro atoms. The topological polar surface area (TPSA) is 69.7 Å². The summed E-state index contributed by atoms with van der Waals surface area (Å²) in [4.78, 5) is 17.0. The highest BCUT2D eigenvalue weighted by molar-refractivity contribution is 7.92. The van der Waals surface area contributed by atoms with Crippen LogP contribution < -0.4 is 9.62 Å². The highest BCUT2D eigenvalue weighted by Crippen LogP contribution is 2.32. The highest BCUT2D eigenvalue weighted by Gasteiger charge is 2.29. The van der Waals surface area contributed by atoms with Gasteiger partial charge in [0, 0.05) is 24.7 Å². The Morgan fingerprint density at radius 2 is 1.74 bits per heavy atom. The first kappa shape index (κ1) is 24.1. The predicted octanol–water partition coefficient (Wildman–Crippen LogP) is 5.90. The Morgan fingerprint density at radius 1 is 0.941 bits per heavy atom. The van der Waals surface area contributed by atoms with Crippen LogP contribution in [0, 0.1) is 20.8 Å². The van der Waals surface area contributed by atoms with E-state index in [1.54, 1.807) is 29.2 Å². The van der Waals surface area contributed by atoms with Crippen molar-refractivity contribution in [3.05, 3.63) is 87.9 Å². The maximum atomic E-state index is 13.5. The Hall–Kier alpha value is -3.03. The molecule has 178 valence electrons. The molecule has 34 heavy (non-hydrogen) atoms. The van der Waals surface area contributed by atoms with Gasteiger partial charge in [0.05, 0.1) is 16.3 Å². The van der Waals surface area contributed by atoms with Crippen molar-refractivity contribution in [2.24, 2.45) is 0 Å². The van der Waals surface area contributed by atoms with E-state index in [1.165, 1.54) is 23.3 Å². The molecular formula is C26H28ClN3O3S. The van der Waals surface area contributed by atoms with E-state index in [4.69, 9.17) is 11.6 Å². The Morgan fingerprint density at radius 3 is 2.47 bits per heavy atom. The maximum Gasteiger partial charge on any atom is 0.324 e. The van der Waals surface area contributed by atoms with E-state index in [-0.39, 0.29) is 10.9 Å². The van der Waals surface area contributed by atoms with E-state index in [0.717, 1.165) is 17.5 Å². The Kier molecular flexibility index (Phi) is 6.86. The first-order valence-electron chi connectivity index (χ1n) is 11.2. The van der Waals surface area contributed by atoms with Gasteiger partial charge in [-0.25, -0.2) is 13.2 Å². The largest absolute Gasteiger partial charge is 0.324 e. The number of carbonyl (C=O) groups excluding carboxylic acids is 1. The summed E-state index contributed by atoms with van der Waals surface area (Å²) in [7, 11) is -3.89. The van der Waals surface area contributed by atoms with Gasteiger partial charge in [0.1, 0.15) is 0 Å². The van der Waals surface area contributed by atoms with Crippen LogP contribution in [0.15, 0.2) is 65.6 Å². The summed E-state index contributed by atoms with van der Waals surface area (Å²) in [6.07, 6.45) is 0.783. The van der Waals surface area contributed by atoms with E-state index in [9.17, 15) is 13.2 Å². The number of hydrogen-bond donors (Lipinski definition) is 1. The fourth-order valence-corrected chi connectivity index (χ4v) is 5.44. The summed E-state index contributed by atoms with van der Waals surface area (Å²) >= 11 is 6.00. The van der Waals surface area contributed by atoms with Crippen LogP contribution >= 0.6 is 11.6 Å². The molecule has 1 fully saturated rings. The number of nitrogens with one attached hydrogen (secondary N) is 1. The Balaban J connectivity index is 1.62. The molecule has 0 aromatic heterocycles. The summed E-state index contributed by atoms with van der Waals surface area (Å²) in [6.45, 7) is 7.68. The van der Waals surface area contributed by atoms with Gasteiger partial charge in [-0.3, -0.25) is 9.62 Å². The summed E-state index contributed by atoms with van der Waals surface area (Å²) in [6, 6.07) is 17.6. The number of benzene rings is 3. The second-order valence-electron chi connectivity index (χ2n) is 8.71. The first-order valence-corrected chi connectivity index (χ1v) is 13.0. The third kappa shape index (κ3) is 5.21. The van der Waals surface area contributed by atoms with Crippen LogP contribution in [0.2, 0.25) is 5.02 Å². The smallest absolute Gasteiger partial charge is 0.320 e. The van der Waals surface area contributed by atoms with Gasteiger partial charge in [0.25, 0.3) is 10.0 Å². The molecule has 1 N–H and O–H groups in total. The SMILES string of the molecule is Cc1ccc(N2CCCN(Cc3ccc(C)c(C)c3)C2=O)c(NS(=O)(=O)c2cccc(Cl)c2)c1. The summed E-state index contributed by atoms with van der Waals surface area (Å²) < 4.78 is 28.8. The molecule has 0 atom stereocenters. The number of urea groups is 1. The monoisotopic (exact) mass is 497 g/mol. The molecule has 1 saturated heterocycles. The van der Waals surface area contributed by atoms with Crippen LogP contribution in [0.3, 0.4) is 0 Å². The van der Waals surface area contributed by atoms with Gasteiger partial charge in [0.15, 0.2) is 0 Å². The average Bonchev–Trinajstić information content (AvgIpc) is 2.78. The van der Waals surface area contributed by atoms with E-state index in [0.29, 0.717) is 36.0 Å². The van der Waals surface area contributed by atoms with Gasteiger partial charge in [0.2, 0.25) is 0 Å². The fraction of sp³-hybridized carbons (Fsp3) is 0.269. The molecule has 1 aliphatic heterocycles. The minimum atomic E-state index is -3.89. The lowest BCUT2D eigenvalue weighted by molar-refractivity contribution is 0.192. The molecule has 8 heteroatoms. The number of aryl methyl sites for hydroxylation is 3. The fourth-order valence-electron chi connectivity index (χ4n) is 4.08. The van der Waals surface area contributed by atoms with Gasteiger partial charge >= 0.3 is 6.03 Å². The Bertz CT molecular complexity index is 1340. The van der Waals surface area contributed by atoms with E-state index >= 15 is 0 Å². The number of halogens is 1. The minimum Gasteiger partial charge on any atom is -0.320 e. The standard InChI is InChI=1S/C26H28ClN3O3S/c1-18-8-11-25(24(14-18)28-34(32,33)23-7-4-6-22(27)16-23)30-13-5-12-29(26(30)31)17-21-10-9-19(2)20(3)15-21/h4,6-11,14-16,28H,5,12-13,17H2,1-3H3. The van der Waals surface area contributed by atoms with Gasteiger partial charge in [-0.15, -0.1) is 0 Å². The number of amides is 2. The molecule has 0 bridgehead atoms. The molecule has 0 radical (unpaired) electrons. The zero-order chi connectivity index (χ0) is 24.5. The normalized spacial score (nSPS) is 14.4. The molecule has 3 aromatic carbocycles. The third-order valence-electron chi connectivity index (χ3n) is 6.05. The van der Waals surface area contributed by atoms with Crippen molar-refractivity contribution < 1.29 is 13.2 Å². The van der Waals surface area contributed by atoms with Gasteiger partial charge < -0.3 is 4.90 Å². The summed E-state index contributed by atoms with van der Waals surface area (Å²) in [5.74, 6) is 0. The lowest BCUT2D eigenvalue weighted by Crippen LogP contribution is -2.49. The highest BCUT2D eigenvalue weighted by atomic mass is 35.5. The van der Waals surface area contributed by atoms with Crippen LogP contribution in [-0.4, -0.2) is 32.4 Å². The maximum absolute atomic E-state index is 13.5. The lowest BCUT2D eigenvalue weighted by atomic mass is 10.1. The van der Waals surface area contributed by atoms with Crippen LogP contribution in [0.1, 0.15) is 28.7 Å². The molecule has 3 aromatic rings. The van der Waals surface area contributed by atoms with Crippen molar-refractivity contribution in [3.8, 4) is 0 Å². The quantitative estimate of drug-likeness (QED) is 0.461. The van der Waals surface area contributed by atoms with Crippen molar-refractivity contribution in [1.82, 2.24) is 4.90 Å². The number of rotatable bonds is 6. The number of hydrogen-bond acceptors (Lipinski definition) is 3. The molecular weight excluding hydrogens is 470 g/mol. The van der Waals surface area contributed by atoms with Crippen LogP contribution in [0.4, 0.5) is 16.2 Å². The van der Waals surface area contributed by atoms with Crippen LogP contribution in [-0.2, 0) is 16.6 Å². The van der Waals surface area contributed by atoms with Crippen molar-refractivity contribution in [1.29, 1.82) is 0 Å². The van der Waals surface area contributed by atoms with E-state index in [1.807, 2.05) is 24.0 Å². The lowest BCUT2D eigenvalue weighted by Gasteiger charge is -2.36. The molecule has 0 unspecified atom stereocenters. The zero-order valence-electron chi connectivity index (χ0n) is 19.5. The second kappa shape index (κ2) is 9.68. The summed E-state index contributed by atoms with van der Waals surface area (Å²) in [5, 5.41) is 0.334. The molecule has 0 aliphatic carbocycles. The number of sulfonamides is 1. The van der Waals surface area contributed by atoms with Gasteiger partial charge in [-0.1, -0.05) is 41.9 Å². The molecule has 0 saturated carbocycles.